The number of nitrogens with zero attached hydrogens (tertiary/aromatic N) is 4. The van der Waals surface area contributed by atoms with Crippen LogP contribution in [-0.2, 0) is 16.1 Å². The van der Waals surface area contributed by atoms with Crippen molar-refractivity contribution >= 4 is 29.4 Å². The van der Waals surface area contributed by atoms with Crippen LogP contribution in [0.25, 0.3) is 11.3 Å². The van der Waals surface area contributed by atoms with Crippen LogP contribution in [0.5, 0.6) is 0 Å². The quantitative estimate of drug-likeness (QED) is 0.469. The fraction of sp³-hybridized carbons (Fsp3) is 0.481. The summed E-state index contributed by atoms with van der Waals surface area (Å²) in [7, 11) is 1.96. The third-order valence-corrected chi connectivity index (χ3v) is 7.43. The first kappa shape index (κ1) is 26.4. The van der Waals surface area contributed by atoms with Gasteiger partial charge in [-0.05, 0) is 50.3 Å². The fourth-order valence-electron chi connectivity index (χ4n) is 5.21. The van der Waals surface area contributed by atoms with Gasteiger partial charge in [0, 0.05) is 62.3 Å². The summed E-state index contributed by atoms with van der Waals surface area (Å²) in [6, 6.07) is 6.07. The van der Waals surface area contributed by atoms with Crippen molar-refractivity contribution < 1.29 is 14.3 Å². The average Bonchev–Trinajstić information content (AvgIpc) is 3.37. The van der Waals surface area contributed by atoms with Crippen LogP contribution in [0, 0.1) is 0 Å². The first-order valence-corrected chi connectivity index (χ1v) is 13.4. The van der Waals surface area contributed by atoms with Gasteiger partial charge in [-0.1, -0.05) is 23.7 Å². The largest absolute Gasteiger partial charge is 0.381 e. The van der Waals surface area contributed by atoms with E-state index in [9.17, 15) is 9.59 Å². The molecule has 0 radical (unpaired) electrons. The maximum absolute atomic E-state index is 13.2. The number of hydrazine groups is 1. The molecule has 0 aliphatic carbocycles. The van der Waals surface area contributed by atoms with Gasteiger partial charge in [0.2, 0.25) is 11.9 Å². The predicted octanol–water partition coefficient (Wildman–Crippen LogP) is 2.96. The lowest BCUT2D eigenvalue weighted by atomic mass is 10.0. The van der Waals surface area contributed by atoms with E-state index in [4.69, 9.17) is 16.3 Å². The van der Waals surface area contributed by atoms with Gasteiger partial charge in [0.15, 0.2) is 0 Å². The molecule has 38 heavy (non-hydrogen) atoms. The minimum Gasteiger partial charge on any atom is -0.381 e. The van der Waals surface area contributed by atoms with E-state index in [1.807, 2.05) is 37.2 Å². The molecule has 1 aromatic carbocycles. The Morgan fingerprint density at radius 1 is 1.32 bits per heavy atom. The molecule has 2 unspecified atom stereocenters. The van der Waals surface area contributed by atoms with E-state index in [1.54, 1.807) is 11.1 Å². The second-order valence-corrected chi connectivity index (χ2v) is 10.7. The summed E-state index contributed by atoms with van der Waals surface area (Å²) in [4.78, 5) is 36.5. The van der Waals surface area contributed by atoms with E-state index >= 15 is 0 Å². The topological polar surface area (TPSA) is 112 Å². The van der Waals surface area contributed by atoms with Crippen molar-refractivity contribution in [2.75, 3.05) is 32.1 Å². The number of aromatic nitrogens is 2. The summed E-state index contributed by atoms with van der Waals surface area (Å²) in [5, 5.41) is 8.73. The molecule has 11 heteroatoms. The third-order valence-electron chi connectivity index (χ3n) is 7.16. The second kappa shape index (κ2) is 11.3. The number of anilines is 1. The minimum atomic E-state index is -0.173. The molecule has 1 aromatic heterocycles. The van der Waals surface area contributed by atoms with Crippen molar-refractivity contribution in [1.82, 2.24) is 30.6 Å². The zero-order chi connectivity index (χ0) is 26.8. The van der Waals surface area contributed by atoms with Crippen molar-refractivity contribution in [3.8, 4) is 11.3 Å². The van der Waals surface area contributed by atoms with E-state index in [1.165, 1.54) is 5.57 Å². The summed E-state index contributed by atoms with van der Waals surface area (Å²) in [5.74, 6) is 0.156. The maximum atomic E-state index is 13.2. The normalized spacial score (nSPS) is 20.4. The highest BCUT2D eigenvalue weighted by molar-refractivity contribution is 6.33. The number of benzene rings is 1. The maximum Gasteiger partial charge on any atom is 0.254 e. The van der Waals surface area contributed by atoms with Crippen molar-refractivity contribution in [1.29, 1.82) is 0 Å². The van der Waals surface area contributed by atoms with Gasteiger partial charge in [-0.15, -0.1) is 0 Å². The first-order valence-electron chi connectivity index (χ1n) is 13.0. The zero-order valence-corrected chi connectivity index (χ0v) is 22.7. The van der Waals surface area contributed by atoms with Crippen LogP contribution in [0.4, 0.5) is 5.95 Å². The summed E-state index contributed by atoms with van der Waals surface area (Å²) in [5.41, 5.74) is 7.26. The van der Waals surface area contributed by atoms with E-state index in [0.29, 0.717) is 42.0 Å². The Kier molecular flexibility index (Phi) is 7.83. The van der Waals surface area contributed by atoms with Crippen LogP contribution in [0.3, 0.4) is 0 Å². The van der Waals surface area contributed by atoms with Crippen LogP contribution >= 0.6 is 11.6 Å². The molecule has 0 bridgehead atoms. The van der Waals surface area contributed by atoms with E-state index in [0.717, 1.165) is 30.4 Å². The monoisotopic (exact) mass is 539 g/mol. The van der Waals surface area contributed by atoms with Gasteiger partial charge < -0.3 is 25.3 Å². The van der Waals surface area contributed by atoms with Crippen LogP contribution in [-0.4, -0.2) is 76.6 Å². The summed E-state index contributed by atoms with van der Waals surface area (Å²) >= 11 is 6.45. The number of carbonyl (C=O) groups is 2. The lowest BCUT2D eigenvalue weighted by Crippen LogP contribution is -2.41. The Morgan fingerprint density at radius 3 is 2.84 bits per heavy atom. The standard InChI is InChI=1S/C27H34ClN7O3/c1-16(10-20-13-34(3)33-17(20)2)30-24(36)15-35-14-19-5-4-18(11-22(19)26(35)37)25-23(28)12-29-27(32-25)31-21-6-8-38-9-7-21/h4-5,11-13,16-17,21,33H,6-10,14-15H2,1-3H3,(H,30,36)(H,29,31,32). The number of hydrogen-bond donors (Lipinski definition) is 3. The van der Waals surface area contributed by atoms with Gasteiger partial charge in [-0.25, -0.2) is 15.4 Å². The number of nitrogens with one attached hydrogen (secondary N) is 3. The Labute approximate surface area is 227 Å². The average molecular weight is 540 g/mol. The van der Waals surface area contributed by atoms with E-state index in [-0.39, 0.29) is 36.5 Å². The number of fused-ring (bicyclic) bond motifs is 1. The molecule has 1 fully saturated rings. The van der Waals surface area contributed by atoms with Gasteiger partial charge in [-0.2, -0.15) is 0 Å². The van der Waals surface area contributed by atoms with Crippen LogP contribution in [0.15, 0.2) is 36.2 Å². The van der Waals surface area contributed by atoms with Crippen LogP contribution in [0.1, 0.15) is 49.0 Å². The lowest BCUT2D eigenvalue weighted by molar-refractivity contribution is -0.122. The van der Waals surface area contributed by atoms with Gasteiger partial charge in [-0.3, -0.25) is 9.59 Å². The van der Waals surface area contributed by atoms with Crippen molar-refractivity contribution in [3.05, 3.63) is 52.3 Å². The number of rotatable bonds is 8. The molecule has 2 atom stereocenters. The SMILES string of the molecule is CC(CC1=CN(C)NC1C)NC(=O)CN1Cc2ccc(-c3nc(NC4CCOCC4)ncc3Cl)cc2C1=O. The Bertz CT molecular complexity index is 1250. The molecule has 5 rings (SSSR count). The number of amides is 2. The molecule has 3 N–H and O–H groups in total. The molecule has 2 amide bonds. The molecule has 2 aromatic rings. The Balaban J connectivity index is 1.22. The van der Waals surface area contributed by atoms with E-state index in [2.05, 4.69) is 39.2 Å². The smallest absolute Gasteiger partial charge is 0.254 e. The Morgan fingerprint density at radius 2 is 2.11 bits per heavy atom. The number of hydrogen-bond acceptors (Lipinski definition) is 8. The molecule has 3 aliphatic heterocycles. The van der Waals surface area contributed by atoms with Gasteiger partial charge >= 0.3 is 0 Å². The summed E-state index contributed by atoms with van der Waals surface area (Å²) in [6.07, 6.45) is 6.16. The predicted molar refractivity (Wildman–Crippen MR) is 145 cm³/mol. The highest BCUT2D eigenvalue weighted by Gasteiger charge is 2.30. The molecule has 1 saturated heterocycles. The van der Waals surface area contributed by atoms with Crippen LogP contribution in [0.2, 0.25) is 5.02 Å². The molecule has 10 nitrogen and oxygen atoms in total. The minimum absolute atomic E-state index is 0.00732. The molecule has 202 valence electrons. The molecule has 0 spiro atoms. The molecule has 0 saturated carbocycles. The van der Waals surface area contributed by atoms with Crippen molar-refractivity contribution in [3.63, 3.8) is 0 Å². The highest BCUT2D eigenvalue weighted by Crippen LogP contribution is 2.31. The molecule has 4 heterocycles. The van der Waals surface area contributed by atoms with Gasteiger partial charge in [0.1, 0.15) is 6.54 Å². The number of ether oxygens (including phenoxy) is 1. The van der Waals surface area contributed by atoms with Gasteiger partial charge in [0.25, 0.3) is 5.91 Å². The second-order valence-electron chi connectivity index (χ2n) is 10.3. The fourth-order valence-corrected chi connectivity index (χ4v) is 5.41. The highest BCUT2D eigenvalue weighted by atomic mass is 35.5. The van der Waals surface area contributed by atoms with Crippen molar-refractivity contribution in [2.45, 2.75) is 57.8 Å². The Hall–Kier alpha value is -3.21. The first-order chi connectivity index (χ1) is 18.3. The molecular formula is C27H34ClN7O3. The number of halogens is 1. The third kappa shape index (κ3) is 5.92. The summed E-state index contributed by atoms with van der Waals surface area (Å²) < 4.78 is 5.42. The molecular weight excluding hydrogens is 506 g/mol. The van der Waals surface area contributed by atoms with Gasteiger partial charge in [0.05, 0.1) is 16.9 Å². The van der Waals surface area contributed by atoms with Crippen LogP contribution < -0.4 is 16.1 Å². The summed E-state index contributed by atoms with van der Waals surface area (Å²) in [6.45, 7) is 5.90. The number of carbonyl (C=O) groups excluding carboxylic acids is 2. The van der Waals surface area contributed by atoms with Crippen molar-refractivity contribution in [2.24, 2.45) is 0 Å². The lowest BCUT2D eigenvalue weighted by Gasteiger charge is -2.23. The van der Waals surface area contributed by atoms with E-state index < -0.39 is 0 Å². The zero-order valence-electron chi connectivity index (χ0n) is 22.0. The molecule has 3 aliphatic rings.